The molecule has 0 bridgehead atoms. The highest BCUT2D eigenvalue weighted by molar-refractivity contribution is 5.21. The first kappa shape index (κ1) is 15.2. The summed E-state index contributed by atoms with van der Waals surface area (Å²) in [6, 6.07) is 0. The highest BCUT2D eigenvalue weighted by Crippen LogP contribution is 2.63. The van der Waals surface area contributed by atoms with E-state index in [1.807, 2.05) is 0 Å². The van der Waals surface area contributed by atoms with Gasteiger partial charge in [0.05, 0.1) is 18.3 Å². The molecule has 22 heavy (non-hydrogen) atoms. The van der Waals surface area contributed by atoms with Gasteiger partial charge in [-0.2, -0.15) is 0 Å². The van der Waals surface area contributed by atoms with Crippen LogP contribution in [-0.2, 0) is 0 Å². The Morgan fingerprint density at radius 2 is 1.91 bits per heavy atom. The van der Waals surface area contributed by atoms with Gasteiger partial charge in [0.1, 0.15) is 0 Å². The minimum atomic E-state index is -0.280. The molecule has 3 saturated carbocycles. The number of fused-ring (bicyclic) bond motifs is 5. The van der Waals surface area contributed by atoms with Crippen LogP contribution in [0.1, 0.15) is 58.3 Å². The fraction of sp³-hybridized carbons (Fsp3) is 0.895. The Labute approximate surface area is 133 Å². The summed E-state index contributed by atoms with van der Waals surface area (Å²) < 4.78 is 0. The zero-order chi connectivity index (χ0) is 15.5. The minimum absolute atomic E-state index is 0.0318. The topological polar surface area (TPSA) is 60.7 Å². The Balaban J connectivity index is 1.67. The van der Waals surface area contributed by atoms with E-state index in [9.17, 15) is 15.3 Å². The molecule has 0 spiro atoms. The largest absolute Gasteiger partial charge is 0.393 e. The molecule has 0 saturated heterocycles. The smallest absolute Gasteiger partial charge is 0.0723 e. The van der Waals surface area contributed by atoms with Crippen molar-refractivity contribution in [3.63, 3.8) is 0 Å². The molecule has 124 valence electrons. The van der Waals surface area contributed by atoms with Crippen LogP contribution < -0.4 is 0 Å². The van der Waals surface area contributed by atoms with Gasteiger partial charge in [-0.1, -0.05) is 18.6 Å². The number of rotatable bonds is 1. The third kappa shape index (κ3) is 1.98. The van der Waals surface area contributed by atoms with E-state index in [0.29, 0.717) is 23.7 Å². The summed E-state index contributed by atoms with van der Waals surface area (Å²) in [5.74, 6) is 2.00. The van der Waals surface area contributed by atoms with Crippen molar-refractivity contribution in [1.82, 2.24) is 0 Å². The Kier molecular flexibility index (Phi) is 3.67. The van der Waals surface area contributed by atoms with E-state index in [1.165, 1.54) is 5.57 Å². The maximum Gasteiger partial charge on any atom is 0.0723 e. The maximum absolute atomic E-state index is 11.0. The lowest BCUT2D eigenvalue weighted by molar-refractivity contribution is -0.129. The fourth-order valence-electron chi connectivity index (χ4n) is 6.80. The zero-order valence-electron chi connectivity index (χ0n) is 13.6. The summed E-state index contributed by atoms with van der Waals surface area (Å²) in [5.41, 5.74) is 1.37. The molecule has 4 rings (SSSR count). The summed E-state index contributed by atoms with van der Waals surface area (Å²) in [6.07, 6.45) is 9.22. The van der Waals surface area contributed by atoms with Crippen LogP contribution in [0.3, 0.4) is 0 Å². The lowest BCUT2D eigenvalue weighted by atomic mass is 9.50. The molecule has 4 aliphatic rings. The first-order chi connectivity index (χ1) is 10.6. The number of aliphatic hydroxyl groups excluding tert-OH is 3. The molecule has 0 aliphatic heterocycles. The first-order valence-corrected chi connectivity index (χ1v) is 9.31. The third-order valence-electron chi connectivity index (χ3n) is 7.74. The molecule has 3 heteroatoms. The quantitative estimate of drug-likeness (QED) is 0.653. The second-order valence-electron chi connectivity index (χ2n) is 8.33. The van der Waals surface area contributed by atoms with Crippen LogP contribution in [0.4, 0.5) is 0 Å². The van der Waals surface area contributed by atoms with Crippen molar-refractivity contribution in [2.75, 3.05) is 0 Å². The monoisotopic (exact) mass is 306 g/mol. The van der Waals surface area contributed by atoms with Gasteiger partial charge in [-0.25, -0.2) is 0 Å². The first-order valence-electron chi connectivity index (χ1n) is 9.31. The highest BCUT2D eigenvalue weighted by atomic mass is 16.3. The van der Waals surface area contributed by atoms with Crippen molar-refractivity contribution in [3.8, 4) is 0 Å². The van der Waals surface area contributed by atoms with Crippen LogP contribution in [0, 0.1) is 29.1 Å². The van der Waals surface area contributed by atoms with E-state index >= 15 is 0 Å². The van der Waals surface area contributed by atoms with Gasteiger partial charge < -0.3 is 15.3 Å². The molecular weight excluding hydrogens is 276 g/mol. The average Bonchev–Trinajstić information content (AvgIpc) is 2.84. The van der Waals surface area contributed by atoms with E-state index in [4.69, 9.17) is 0 Å². The average molecular weight is 306 g/mol. The molecule has 0 radical (unpaired) electrons. The molecule has 3 N–H and O–H groups in total. The molecule has 0 unspecified atom stereocenters. The SMILES string of the molecule is CC[C@]12C[C@@H](O)[C@H]3[C@@H](CCC4=C[C@@H](O)CC[C@@H]43)[C@@H]1CC[C@@H]2O. The summed E-state index contributed by atoms with van der Waals surface area (Å²) >= 11 is 0. The standard InChI is InChI=1S/C19H30O3/c1-2-19-10-16(21)18-13-6-4-12(20)9-11(13)3-5-14(18)15(19)7-8-17(19)22/h9,12-18,20-22H,2-8,10H2,1H3/t12-,13-,14-,15-,16+,17-,18+,19-/m0/s1. The Morgan fingerprint density at radius 3 is 2.68 bits per heavy atom. The van der Waals surface area contributed by atoms with Crippen LogP contribution in [0.25, 0.3) is 0 Å². The molecule has 8 atom stereocenters. The molecule has 0 heterocycles. The van der Waals surface area contributed by atoms with Gasteiger partial charge in [-0.15, -0.1) is 0 Å². The van der Waals surface area contributed by atoms with E-state index in [2.05, 4.69) is 13.0 Å². The number of aliphatic hydroxyl groups is 3. The molecule has 3 fully saturated rings. The molecule has 3 nitrogen and oxygen atoms in total. The van der Waals surface area contributed by atoms with Gasteiger partial charge in [-0.3, -0.25) is 0 Å². The van der Waals surface area contributed by atoms with Crippen molar-refractivity contribution in [2.45, 2.75) is 76.6 Å². The normalized spacial score (nSPS) is 54.2. The molecule has 0 amide bonds. The number of hydrogen-bond donors (Lipinski definition) is 3. The molecule has 0 aromatic rings. The highest BCUT2D eigenvalue weighted by Gasteiger charge is 2.60. The van der Waals surface area contributed by atoms with Gasteiger partial charge in [-0.05, 0) is 75.0 Å². The minimum Gasteiger partial charge on any atom is -0.393 e. The number of hydrogen-bond acceptors (Lipinski definition) is 3. The van der Waals surface area contributed by atoms with Crippen molar-refractivity contribution < 1.29 is 15.3 Å². The Bertz CT molecular complexity index is 473. The van der Waals surface area contributed by atoms with E-state index in [1.54, 1.807) is 0 Å². The third-order valence-corrected chi connectivity index (χ3v) is 7.74. The van der Waals surface area contributed by atoms with Crippen molar-refractivity contribution in [2.24, 2.45) is 29.1 Å². The number of allylic oxidation sites excluding steroid dienone is 1. The van der Waals surface area contributed by atoms with Crippen molar-refractivity contribution in [3.05, 3.63) is 11.6 Å². The van der Waals surface area contributed by atoms with E-state index in [-0.39, 0.29) is 23.7 Å². The van der Waals surface area contributed by atoms with Gasteiger partial charge in [0, 0.05) is 5.41 Å². The molecule has 0 aromatic heterocycles. The summed E-state index contributed by atoms with van der Waals surface area (Å²) in [4.78, 5) is 0. The lowest BCUT2D eigenvalue weighted by Crippen LogP contribution is -2.54. The fourth-order valence-corrected chi connectivity index (χ4v) is 6.80. The predicted molar refractivity (Wildman–Crippen MR) is 85.1 cm³/mol. The van der Waals surface area contributed by atoms with Gasteiger partial charge >= 0.3 is 0 Å². The molecule has 4 aliphatic carbocycles. The Morgan fingerprint density at radius 1 is 1.09 bits per heavy atom. The van der Waals surface area contributed by atoms with E-state index < -0.39 is 0 Å². The predicted octanol–water partition coefficient (Wildman–Crippen LogP) is 2.64. The van der Waals surface area contributed by atoms with E-state index in [0.717, 1.165) is 51.4 Å². The van der Waals surface area contributed by atoms with Gasteiger partial charge in [0.2, 0.25) is 0 Å². The Hall–Kier alpha value is -0.380. The summed E-state index contributed by atoms with van der Waals surface area (Å²) in [5, 5.41) is 31.5. The maximum atomic E-state index is 11.0. The van der Waals surface area contributed by atoms with Crippen LogP contribution in [0.15, 0.2) is 11.6 Å². The van der Waals surface area contributed by atoms with Crippen LogP contribution >= 0.6 is 0 Å². The van der Waals surface area contributed by atoms with Crippen LogP contribution in [0.2, 0.25) is 0 Å². The summed E-state index contributed by atoms with van der Waals surface area (Å²) in [7, 11) is 0. The van der Waals surface area contributed by atoms with Crippen molar-refractivity contribution >= 4 is 0 Å². The second kappa shape index (κ2) is 5.32. The van der Waals surface area contributed by atoms with Gasteiger partial charge in [0.15, 0.2) is 0 Å². The van der Waals surface area contributed by atoms with Crippen molar-refractivity contribution in [1.29, 1.82) is 0 Å². The van der Waals surface area contributed by atoms with Crippen LogP contribution in [0.5, 0.6) is 0 Å². The second-order valence-corrected chi connectivity index (χ2v) is 8.33. The summed E-state index contributed by atoms with van der Waals surface area (Å²) in [6.45, 7) is 2.19. The zero-order valence-corrected chi connectivity index (χ0v) is 13.6. The van der Waals surface area contributed by atoms with Crippen LogP contribution in [-0.4, -0.2) is 33.6 Å². The molecule has 0 aromatic carbocycles. The lowest BCUT2D eigenvalue weighted by Gasteiger charge is -2.56. The van der Waals surface area contributed by atoms with Gasteiger partial charge in [0.25, 0.3) is 0 Å². The molecular formula is C19H30O3.